The predicted octanol–water partition coefficient (Wildman–Crippen LogP) is 24.6. The minimum absolute atomic E-state index is 0.0873. The Morgan fingerprint density at radius 2 is 0.470 bits per heavy atom. The molecule has 0 fully saturated rings. The minimum Gasteiger partial charge on any atom is -0.462 e. The molecule has 0 rings (SSSR count). The summed E-state index contributed by atoms with van der Waals surface area (Å²) in [7, 11) is 0. The Morgan fingerprint density at radius 3 is 0.747 bits per heavy atom. The zero-order valence-electron chi connectivity index (χ0n) is 54.7. The number of hydrogen-bond donors (Lipinski definition) is 0. The monoisotopic (exact) mass is 1150 g/mol. The van der Waals surface area contributed by atoms with Gasteiger partial charge in [0.25, 0.3) is 0 Å². The first-order valence-electron chi connectivity index (χ1n) is 35.4. The first-order valence-corrected chi connectivity index (χ1v) is 35.4. The second kappa shape index (κ2) is 70.6. The van der Waals surface area contributed by atoms with Gasteiger partial charge in [-0.2, -0.15) is 0 Å². The molecule has 6 heteroatoms. The van der Waals surface area contributed by atoms with Crippen molar-refractivity contribution in [3.63, 3.8) is 0 Å². The Balaban J connectivity index is 4.43. The quantitative estimate of drug-likeness (QED) is 0.0261. The lowest BCUT2D eigenvalue weighted by Gasteiger charge is -2.18. The molecule has 0 N–H and O–H groups in total. The van der Waals surface area contributed by atoms with Crippen molar-refractivity contribution >= 4 is 17.9 Å². The maximum atomic E-state index is 13.0. The van der Waals surface area contributed by atoms with Crippen LogP contribution in [0.2, 0.25) is 0 Å². The number of rotatable bonds is 64. The normalized spacial score (nSPS) is 12.8. The van der Waals surface area contributed by atoms with Crippen molar-refractivity contribution in [1.82, 2.24) is 0 Å². The molecule has 83 heavy (non-hydrogen) atoms. The zero-order chi connectivity index (χ0) is 59.9. The largest absolute Gasteiger partial charge is 0.462 e. The van der Waals surface area contributed by atoms with E-state index in [4.69, 9.17) is 14.2 Å². The molecule has 0 radical (unpaired) electrons. The van der Waals surface area contributed by atoms with Crippen molar-refractivity contribution in [2.75, 3.05) is 13.2 Å². The fourth-order valence-corrected chi connectivity index (χ4v) is 9.99. The van der Waals surface area contributed by atoms with Crippen LogP contribution in [0.15, 0.2) is 109 Å². The van der Waals surface area contributed by atoms with Gasteiger partial charge in [-0.05, 0) is 109 Å². The number of esters is 3. The summed E-state index contributed by atoms with van der Waals surface area (Å²) in [5.74, 6) is -0.908. The summed E-state index contributed by atoms with van der Waals surface area (Å²) in [6, 6.07) is 0. The maximum absolute atomic E-state index is 13.0. The van der Waals surface area contributed by atoms with Gasteiger partial charge >= 0.3 is 17.9 Å². The molecule has 0 saturated carbocycles. The molecule has 0 amide bonds. The van der Waals surface area contributed by atoms with E-state index in [1.807, 2.05) is 0 Å². The van der Waals surface area contributed by atoms with E-state index in [1.54, 1.807) is 0 Å². The summed E-state index contributed by atoms with van der Waals surface area (Å²) in [5.41, 5.74) is 0. The van der Waals surface area contributed by atoms with Crippen LogP contribution in [0.3, 0.4) is 0 Å². The van der Waals surface area contributed by atoms with Crippen LogP contribution < -0.4 is 0 Å². The molecule has 6 nitrogen and oxygen atoms in total. The van der Waals surface area contributed by atoms with Crippen molar-refractivity contribution in [2.45, 2.75) is 348 Å². The summed E-state index contributed by atoms with van der Waals surface area (Å²) < 4.78 is 17.0. The molecule has 0 aromatic heterocycles. The highest BCUT2D eigenvalue weighted by Crippen LogP contribution is 2.17. The average molecular weight is 1150 g/mol. The molecule has 0 saturated heterocycles. The van der Waals surface area contributed by atoms with E-state index in [-0.39, 0.29) is 31.1 Å². The van der Waals surface area contributed by atoms with Gasteiger partial charge in [0.2, 0.25) is 0 Å². The molecule has 0 bridgehead atoms. The lowest BCUT2D eigenvalue weighted by molar-refractivity contribution is -0.167. The van der Waals surface area contributed by atoms with Gasteiger partial charge in [-0.3, -0.25) is 14.4 Å². The molecule has 0 spiro atoms. The molecule has 1 atom stereocenters. The van der Waals surface area contributed by atoms with Gasteiger partial charge in [-0.1, -0.05) is 323 Å². The van der Waals surface area contributed by atoms with E-state index >= 15 is 0 Å². The molecule has 476 valence electrons. The van der Waals surface area contributed by atoms with E-state index in [1.165, 1.54) is 186 Å². The number of unbranched alkanes of at least 4 members (excludes halogenated alkanes) is 35. The third-order valence-electron chi connectivity index (χ3n) is 15.3. The standard InChI is InChI=1S/C77H132O6/c1-4-7-10-13-16-19-22-25-28-31-33-35-37-38-40-41-43-46-49-52-55-58-61-64-67-70-76(79)82-73-74(72-81-75(78)69-66-63-60-57-54-51-48-45-30-27-24-21-18-15-12-9-6-3)83-77(80)71-68-65-62-59-56-53-50-47-44-42-39-36-34-32-29-26-23-20-17-14-11-8-5-2/h7,10,16,19,23,25-26,28,32-35,38,40,43,46,52,55,74H,4-6,8-9,11-15,17-18,20-22,24,27,29-31,36-37,39,41-42,44-45,47-51,53-54,56-73H2,1-3H3/b10-7-,19-16-,26-23-,28-25-,34-32-,35-33-,40-38-,46-43-,55-52-. The third kappa shape index (κ3) is 68.7. The number of hydrogen-bond acceptors (Lipinski definition) is 6. The van der Waals surface area contributed by atoms with Crippen LogP contribution in [0.5, 0.6) is 0 Å². The van der Waals surface area contributed by atoms with Gasteiger partial charge in [-0.25, -0.2) is 0 Å². The lowest BCUT2D eigenvalue weighted by Crippen LogP contribution is -2.30. The number of ether oxygens (including phenoxy) is 3. The predicted molar refractivity (Wildman–Crippen MR) is 362 cm³/mol. The van der Waals surface area contributed by atoms with Gasteiger partial charge in [0.15, 0.2) is 6.10 Å². The van der Waals surface area contributed by atoms with Gasteiger partial charge in [-0.15, -0.1) is 0 Å². The van der Waals surface area contributed by atoms with Crippen LogP contribution in [0.4, 0.5) is 0 Å². The molecular weight excluding hydrogens is 1020 g/mol. The van der Waals surface area contributed by atoms with Gasteiger partial charge in [0.05, 0.1) is 0 Å². The average Bonchev–Trinajstić information content (AvgIpc) is 3.49. The Kier molecular flexibility index (Phi) is 67.2. The van der Waals surface area contributed by atoms with Crippen molar-refractivity contribution in [2.24, 2.45) is 0 Å². The molecule has 0 aliphatic heterocycles. The summed E-state index contributed by atoms with van der Waals surface area (Å²) in [6.07, 6.45) is 96.7. The highest BCUT2D eigenvalue weighted by atomic mass is 16.6. The van der Waals surface area contributed by atoms with E-state index in [0.717, 1.165) is 116 Å². The SMILES string of the molecule is CC/C=C\C/C=C\C/C=C\C/C=C\C/C=C\C/C=C\C/C=C\CCCCCC(=O)OCC(COC(=O)CCCCCCCCCCCCCCCCCCC)OC(=O)CCCCCCCCCCCCC/C=C\C/C=C\CCCCCCC. The van der Waals surface area contributed by atoms with Crippen LogP contribution in [0.25, 0.3) is 0 Å². The Labute approximate surface area is 514 Å². The van der Waals surface area contributed by atoms with Crippen molar-refractivity contribution in [1.29, 1.82) is 0 Å². The fourth-order valence-electron chi connectivity index (χ4n) is 9.99. The molecule has 0 aromatic carbocycles. The Hall–Kier alpha value is -3.93. The zero-order valence-corrected chi connectivity index (χ0v) is 54.7. The number of allylic oxidation sites excluding steroid dienone is 18. The topological polar surface area (TPSA) is 78.9 Å². The Bertz CT molecular complexity index is 1660. The second-order valence-corrected chi connectivity index (χ2v) is 23.4. The van der Waals surface area contributed by atoms with Crippen molar-refractivity contribution in [3.8, 4) is 0 Å². The molecule has 1 unspecified atom stereocenters. The summed E-state index contributed by atoms with van der Waals surface area (Å²) in [4.78, 5) is 38.5. The van der Waals surface area contributed by atoms with E-state index < -0.39 is 6.10 Å². The molecule has 0 heterocycles. The molecular formula is C77H132O6. The Morgan fingerprint density at radius 1 is 0.253 bits per heavy atom. The highest BCUT2D eigenvalue weighted by Gasteiger charge is 2.19. The van der Waals surface area contributed by atoms with E-state index in [0.29, 0.717) is 19.3 Å². The minimum atomic E-state index is -0.796. The van der Waals surface area contributed by atoms with Gasteiger partial charge in [0.1, 0.15) is 13.2 Å². The van der Waals surface area contributed by atoms with Crippen molar-refractivity contribution < 1.29 is 28.6 Å². The highest BCUT2D eigenvalue weighted by molar-refractivity contribution is 5.71. The summed E-state index contributed by atoms with van der Waals surface area (Å²) in [6.45, 7) is 6.53. The molecule has 0 aliphatic carbocycles. The van der Waals surface area contributed by atoms with Crippen LogP contribution >= 0.6 is 0 Å². The van der Waals surface area contributed by atoms with E-state index in [9.17, 15) is 14.4 Å². The van der Waals surface area contributed by atoms with E-state index in [2.05, 4.69) is 130 Å². The number of carbonyl (C=O) groups excluding carboxylic acids is 3. The van der Waals surface area contributed by atoms with Crippen molar-refractivity contribution in [3.05, 3.63) is 109 Å². The smallest absolute Gasteiger partial charge is 0.306 e. The number of carbonyl (C=O) groups is 3. The first kappa shape index (κ1) is 79.1. The summed E-state index contributed by atoms with van der Waals surface area (Å²) >= 11 is 0. The van der Waals surface area contributed by atoms with Crippen LogP contribution in [0, 0.1) is 0 Å². The first-order chi connectivity index (χ1) is 41.0. The lowest BCUT2D eigenvalue weighted by atomic mass is 10.0. The third-order valence-corrected chi connectivity index (χ3v) is 15.3. The van der Waals surface area contributed by atoms with Crippen LogP contribution in [0.1, 0.15) is 342 Å². The maximum Gasteiger partial charge on any atom is 0.306 e. The van der Waals surface area contributed by atoms with Crippen LogP contribution in [-0.2, 0) is 28.6 Å². The van der Waals surface area contributed by atoms with Gasteiger partial charge in [0, 0.05) is 19.3 Å². The molecule has 0 aliphatic rings. The van der Waals surface area contributed by atoms with Crippen LogP contribution in [-0.4, -0.2) is 37.2 Å². The van der Waals surface area contributed by atoms with Gasteiger partial charge < -0.3 is 14.2 Å². The summed E-state index contributed by atoms with van der Waals surface area (Å²) in [5, 5.41) is 0. The fraction of sp³-hybridized carbons (Fsp3) is 0.727. The molecule has 0 aromatic rings. The second-order valence-electron chi connectivity index (χ2n) is 23.4.